The van der Waals surface area contributed by atoms with Gasteiger partial charge < -0.3 is 14.8 Å². The number of carbonyl (C=O) groups is 2. The number of para-hydroxylation sites is 2. The third-order valence-electron chi connectivity index (χ3n) is 4.09. The maximum absolute atomic E-state index is 12.4. The lowest BCUT2D eigenvalue weighted by atomic mass is 10.1. The summed E-state index contributed by atoms with van der Waals surface area (Å²) >= 11 is 0. The molecule has 0 aromatic heterocycles. The first-order chi connectivity index (χ1) is 13.6. The van der Waals surface area contributed by atoms with Gasteiger partial charge in [0.1, 0.15) is 17.1 Å². The van der Waals surface area contributed by atoms with Crippen molar-refractivity contribution in [3.8, 4) is 11.5 Å². The first-order valence-electron chi connectivity index (χ1n) is 8.97. The molecule has 0 bridgehead atoms. The van der Waals surface area contributed by atoms with E-state index < -0.39 is 5.97 Å². The van der Waals surface area contributed by atoms with Crippen molar-refractivity contribution in [3.63, 3.8) is 0 Å². The molecule has 5 heteroatoms. The minimum atomic E-state index is -0.617. The molecule has 3 rings (SSSR count). The molecular formula is C23H21NO4. The van der Waals surface area contributed by atoms with Gasteiger partial charge in [0.05, 0.1) is 6.04 Å². The Morgan fingerprint density at radius 2 is 1.46 bits per heavy atom. The summed E-state index contributed by atoms with van der Waals surface area (Å²) in [6.45, 7) is 1.51. The van der Waals surface area contributed by atoms with Gasteiger partial charge in [-0.25, -0.2) is 4.79 Å². The Kier molecular flexibility index (Phi) is 6.41. The molecule has 0 aliphatic carbocycles. The van der Waals surface area contributed by atoms with Crippen LogP contribution in [0.25, 0.3) is 0 Å². The number of nitrogens with one attached hydrogen (secondary N) is 1. The van der Waals surface area contributed by atoms with Crippen LogP contribution in [0.3, 0.4) is 0 Å². The fourth-order valence-corrected chi connectivity index (χ4v) is 2.66. The first-order valence-corrected chi connectivity index (χ1v) is 8.97. The van der Waals surface area contributed by atoms with E-state index in [0.29, 0.717) is 11.5 Å². The molecule has 142 valence electrons. The lowest BCUT2D eigenvalue weighted by molar-refractivity contribution is -0.124. The molecule has 0 unspecified atom stereocenters. The van der Waals surface area contributed by atoms with E-state index in [1.807, 2.05) is 55.5 Å². The van der Waals surface area contributed by atoms with E-state index >= 15 is 0 Å². The van der Waals surface area contributed by atoms with Crippen LogP contribution in [-0.4, -0.2) is 18.5 Å². The number of ether oxygens (including phenoxy) is 2. The van der Waals surface area contributed by atoms with Crippen LogP contribution in [0.15, 0.2) is 84.9 Å². The highest BCUT2D eigenvalue weighted by Crippen LogP contribution is 2.25. The predicted molar refractivity (Wildman–Crippen MR) is 106 cm³/mol. The molecule has 0 heterocycles. The Morgan fingerprint density at radius 3 is 2.18 bits per heavy atom. The standard InChI is InChI=1S/C23H21NO4/c1-17(18-10-4-2-5-11-18)24-22(25)16-27-23(26)20-14-8-9-15-21(20)28-19-12-6-3-7-13-19/h2-15,17H,16H2,1H3,(H,24,25)/t17-/m1/s1. The number of rotatable bonds is 7. The van der Waals surface area contributed by atoms with Gasteiger partial charge in [0.25, 0.3) is 5.91 Å². The highest BCUT2D eigenvalue weighted by molar-refractivity contribution is 5.94. The Hall–Kier alpha value is -3.60. The largest absolute Gasteiger partial charge is 0.456 e. The topological polar surface area (TPSA) is 64.6 Å². The van der Waals surface area contributed by atoms with Crippen LogP contribution < -0.4 is 10.1 Å². The minimum Gasteiger partial charge on any atom is -0.456 e. The number of esters is 1. The van der Waals surface area contributed by atoms with Crippen molar-refractivity contribution >= 4 is 11.9 Å². The van der Waals surface area contributed by atoms with Crippen LogP contribution in [0.5, 0.6) is 11.5 Å². The van der Waals surface area contributed by atoms with E-state index in [2.05, 4.69) is 5.32 Å². The predicted octanol–water partition coefficient (Wildman–Crippen LogP) is 4.51. The van der Waals surface area contributed by atoms with Crippen molar-refractivity contribution < 1.29 is 19.1 Å². The van der Waals surface area contributed by atoms with Gasteiger partial charge in [0, 0.05) is 0 Å². The minimum absolute atomic E-state index is 0.180. The third-order valence-corrected chi connectivity index (χ3v) is 4.09. The van der Waals surface area contributed by atoms with Crippen LogP contribution >= 0.6 is 0 Å². The molecule has 1 amide bonds. The summed E-state index contributed by atoms with van der Waals surface area (Å²) in [5.74, 6) is -0.00542. The molecular weight excluding hydrogens is 354 g/mol. The zero-order valence-corrected chi connectivity index (χ0v) is 15.5. The summed E-state index contributed by atoms with van der Waals surface area (Å²) in [4.78, 5) is 24.6. The summed E-state index contributed by atoms with van der Waals surface area (Å²) < 4.78 is 10.9. The fraction of sp³-hybridized carbons (Fsp3) is 0.130. The maximum Gasteiger partial charge on any atom is 0.342 e. The van der Waals surface area contributed by atoms with Crippen LogP contribution in [0.1, 0.15) is 28.9 Å². The molecule has 1 N–H and O–H groups in total. The zero-order chi connectivity index (χ0) is 19.8. The lowest BCUT2D eigenvalue weighted by Crippen LogP contribution is -2.31. The van der Waals surface area contributed by atoms with E-state index in [-0.39, 0.29) is 24.1 Å². The summed E-state index contributed by atoms with van der Waals surface area (Å²) in [7, 11) is 0. The normalized spacial score (nSPS) is 11.3. The summed E-state index contributed by atoms with van der Waals surface area (Å²) in [6, 6.07) is 25.3. The molecule has 5 nitrogen and oxygen atoms in total. The fourth-order valence-electron chi connectivity index (χ4n) is 2.66. The third kappa shape index (κ3) is 5.20. The van der Waals surface area contributed by atoms with Crippen molar-refractivity contribution in [1.82, 2.24) is 5.32 Å². The van der Waals surface area contributed by atoms with E-state index in [1.54, 1.807) is 36.4 Å². The smallest absolute Gasteiger partial charge is 0.342 e. The van der Waals surface area contributed by atoms with Gasteiger partial charge in [-0.2, -0.15) is 0 Å². The van der Waals surface area contributed by atoms with Crippen molar-refractivity contribution in [2.45, 2.75) is 13.0 Å². The van der Waals surface area contributed by atoms with Crippen LogP contribution in [0.2, 0.25) is 0 Å². The zero-order valence-electron chi connectivity index (χ0n) is 15.5. The Morgan fingerprint density at radius 1 is 0.857 bits per heavy atom. The second-order valence-corrected chi connectivity index (χ2v) is 6.19. The maximum atomic E-state index is 12.4. The lowest BCUT2D eigenvalue weighted by Gasteiger charge is -2.15. The number of carbonyl (C=O) groups excluding carboxylic acids is 2. The molecule has 1 atom stereocenters. The molecule has 28 heavy (non-hydrogen) atoms. The van der Waals surface area contributed by atoms with Gasteiger partial charge in [-0.3, -0.25) is 4.79 Å². The van der Waals surface area contributed by atoms with Gasteiger partial charge in [-0.1, -0.05) is 60.7 Å². The monoisotopic (exact) mass is 375 g/mol. The van der Waals surface area contributed by atoms with Gasteiger partial charge >= 0.3 is 5.97 Å². The van der Waals surface area contributed by atoms with E-state index in [4.69, 9.17) is 9.47 Å². The molecule has 0 aliphatic rings. The molecule has 3 aromatic rings. The van der Waals surface area contributed by atoms with Crippen molar-refractivity contribution in [1.29, 1.82) is 0 Å². The number of amides is 1. The molecule has 0 saturated heterocycles. The highest BCUT2D eigenvalue weighted by Gasteiger charge is 2.17. The number of hydrogen-bond donors (Lipinski definition) is 1. The van der Waals surface area contributed by atoms with Crippen LogP contribution in [0.4, 0.5) is 0 Å². The van der Waals surface area contributed by atoms with Gasteiger partial charge in [0.15, 0.2) is 6.61 Å². The van der Waals surface area contributed by atoms with Crippen LogP contribution in [-0.2, 0) is 9.53 Å². The number of hydrogen-bond acceptors (Lipinski definition) is 4. The molecule has 0 fully saturated rings. The van der Waals surface area contributed by atoms with Crippen molar-refractivity contribution in [2.24, 2.45) is 0 Å². The highest BCUT2D eigenvalue weighted by atomic mass is 16.5. The Balaban J connectivity index is 1.58. The average molecular weight is 375 g/mol. The van der Waals surface area contributed by atoms with Gasteiger partial charge in [0.2, 0.25) is 0 Å². The van der Waals surface area contributed by atoms with Gasteiger partial charge in [-0.05, 0) is 36.8 Å². The second-order valence-electron chi connectivity index (χ2n) is 6.19. The molecule has 0 radical (unpaired) electrons. The Bertz CT molecular complexity index is 926. The van der Waals surface area contributed by atoms with Crippen LogP contribution in [0, 0.1) is 0 Å². The van der Waals surface area contributed by atoms with E-state index in [0.717, 1.165) is 5.56 Å². The summed E-state index contributed by atoms with van der Waals surface area (Å²) in [5.41, 5.74) is 1.24. The van der Waals surface area contributed by atoms with E-state index in [9.17, 15) is 9.59 Å². The molecule has 0 aliphatic heterocycles. The molecule has 0 spiro atoms. The summed E-state index contributed by atoms with van der Waals surface area (Å²) in [5, 5.41) is 2.81. The van der Waals surface area contributed by atoms with E-state index in [1.165, 1.54) is 0 Å². The number of benzene rings is 3. The SMILES string of the molecule is C[C@@H](NC(=O)COC(=O)c1ccccc1Oc1ccccc1)c1ccccc1. The Labute approximate surface area is 163 Å². The molecule has 3 aromatic carbocycles. The summed E-state index contributed by atoms with van der Waals surface area (Å²) in [6.07, 6.45) is 0. The second kappa shape index (κ2) is 9.37. The van der Waals surface area contributed by atoms with Gasteiger partial charge in [-0.15, -0.1) is 0 Å². The van der Waals surface area contributed by atoms with Crippen molar-refractivity contribution in [2.75, 3.05) is 6.61 Å². The van der Waals surface area contributed by atoms with Crippen molar-refractivity contribution in [3.05, 3.63) is 96.1 Å². The first kappa shape index (κ1) is 19.2. The molecule has 0 saturated carbocycles. The quantitative estimate of drug-likeness (QED) is 0.617. The average Bonchev–Trinajstić information content (AvgIpc) is 2.74.